The molecule has 4 nitrogen and oxygen atoms in total. The van der Waals surface area contributed by atoms with E-state index in [1.165, 1.54) is 11.8 Å². The maximum atomic E-state index is 11.8. The summed E-state index contributed by atoms with van der Waals surface area (Å²) in [4.78, 5) is 23.8. The van der Waals surface area contributed by atoms with Gasteiger partial charge >= 0.3 is 5.97 Å². The summed E-state index contributed by atoms with van der Waals surface area (Å²) in [6, 6.07) is 6.85. The fraction of sp³-hybridized carbons (Fsp3) is 0.429. The van der Waals surface area contributed by atoms with Crippen molar-refractivity contribution in [2.45, 2.75) is 37.1 Å². The van der Waals surface area contributed by atoms with Crippen LogP contribution < -0.4 is 5.32 Å². The molecule has 20 heavy (non-hydrogen) atoms. The molecule has 0 aliphatic rings. The molecule has 0 aliphatic heterocycles. The van der Waals surface area contributed by atoms with Crippen molar-refractivity contribution < 1.29 is 14.7 Å². The molecule has 110 valence electrons. The molecule has 0 saturated heterocycles. The Kier molecular flexibility index (Phi) is 7.69. The van der Waals surface area contributed by atoms with E-state index < -0.39 is 12.0 Å². The smallest absolute Gasteiger partial charge is 0.326 e. The number of thioether (sulfide) groups is 1. The van der Waals surface area contributed by atoms with Crippen molar-refractivity contribution in [3.8, 4) is 0 Å². The van der Waals surface area contributed by atoms with Gasteiger partial charge in [0, 0.05) is 9.37 Å². The van der Waals surface area contributed by atoms with Crippen LogP contribution in [0.2, 0.25) is 0 Å². The van der Waals surface area contributed by atoms with Gasteiger partial charge in [-0.15, -0.1) is 11.8 Å². The number of carbonyl (C=O) groups excluding carboxylic acids is 1. The van der Waals surface area contributed by atoms with Crippen LogP contribution in [0.3, 0.4) is 0 Å². The second kappa shape index (κ2) is 9.02. The number of halogens is 1. The predicted octanol–water partition coefficient (Wildman–Crippen LogP) is 3.30. The summed E-state index contributed by atoms with van der Waals surface area (Å²) in [7, 11) is 0. The van der Waals surface area contributed by atoms with Crippen LogP contribution >= 0.6 is 27.7 Å². The average molecular weight is 360 g/mol. The molecule has 0 radical (unpaired) electrons. The first-order valence-electron chi connectivity index (χ1n) is 6.43. The van der Waals surface area contributed by atoms with Gasteiger partial charge in [0.15, 0.2) is 0 Å². The maximum absolute atomic E-state index is 11.8. The summed E-state index contributed by atoms with van der Waals surface area (Å²) in [5.41, 5.74) is 0. The average Bonchev–Trinajstić information content (AvgIpc) is 2.42. The monoisotopic (exact) mass is 359 g/mol. The minimum atomic E-state index is -0.972. The van der Waals surface area contributed by atoms with Crippen LogP contribution in [-0.4, -0.2) is 28.8 Å². The van der Waals surface area contributed by atoms with Gasteiger partial charge in [0.25, 0.3) is 0 Å². The lowest BCUT2D eigenvalue weighted by Crippen LogP contribution is -2.41. The summed E-state index contributed by atoms with van der Waals surface area (Å²) in [6.45, 7) is 1.99. The lowest BCUT2D eigenvalue weighted by Gasteiger charge is -2.13. The Morgan fingerprint density at radius 1 is 1.35 bits per heavy atom. The summed E-state index contributed by atoms with van der Waals surface area (Å²) in [5, 5.41) is 11.6. The quantitative estimate of drug-likeness (QED) is 0.698. The van der Waals surface area contributed by atoms with Crippen LogP contribution in [0.25, 0.3) is 0 Å². The number of carboxylic acids is 1. The van der Waals surface area contributed by atoms with Crippen LogP contribution in [-0.2, 0) is 9.59 Å². The Bertz CT molecular complexity index is 450. The lowest BCUT2D eigenvalue weighted by molar-refractivity contribution is -0.141. The Morgan fingerprint density at radius 3 is 2.55 bits per heavy atom. The molecular formula is C14H18BrNO3S. The Balaban J connectivity index is 2.41. The first-order chi connectivity index (χ1) is 9.52. The van der Waals surface area contributed by atoms with E-state index in [9.17, 15) is 9.59 Å². The van der Waals surface area contributed by atoms with E-state index in [1.54, 1.807) is 0 Å². The van der Waals surface area contributed by atoms with Crippen molar-refractivity contribution in [2.75, 3.05) is 5.75 Å². The second-order valence-corrected chi connectivity index (χ2v) is 6.31. The molecule has 0 aromatic heterocycles. The van der Waals surface area contributed by atoms with Gasteiger partial charge in [-0.2, -0.15) is 0 Å². The highest BCUT2D eigenvalue weighted by atomic mass is 79.9. The van der Waals surface area contributed by atoms with Crippen molar-refractivity contribution in [3.63, 3.8) is 0 Å². The van der Waals surface area contributed by atoms with Crippen molar-refractivity contribution >= 4 is 39.6 Å². The molecular weight excluding hydrogens is 342 g/mol. The third-order valence-corrected chi connectivity index (χ3v) is 4.20. The minimum absolute atomic E-state index is 0.220. The van der Waals surface area contributed by atoms with Crippen LogP contribution in [0.1, 0.15) is 26.2 Å². The van der Waals surface area contributed by atoms with Crippen LogP contribution in [0.4, 0.5) is 0 Å². The highest BCUT2D eigenvalue weighted by Crippen LogP contribution is 2.20. The molecule has 0 fully saturated rings. The van der Waals surface area contributed by atoms with E-state index >= 15 is 0 Å². The van der Waals surface area contributed by atoms with Gasteiger partial charge in [0.2, 0.25) is 5.91 Å². The van der Waals surface area contributed by atoms with E-state index in [2.05, 4.69) is 21.2 Å². The third kappa shape index (κ3) is 6.43. The van der Waals surface area contributed by atoms with E-state index in [4.69, 9.17) is 5.11 Å². The molecule has 2 N–H and O–H groups in total. The van der Waals surface area contributed by atoms with Crippen molar-refractivity contribution in [2.24, 2.45) is 0 Å². The molecule has 0 bridgehead atoms. The Labute approximate surface area is 131 Å². The third-order valence-electron chi connectivity index (χ3n) is 2.66. The van der Waals surface area contributed by atoms with Gasteiger partial charge in [-0.1, -0.05) is 35.7 Å². The molecule has 1 rings (SSSR count). The van der Waals surface area contributed by atoms with E-state index in [0.29, 0.717) is 6.42 Å². The lowest BCUT2D eigenvalue weighted by atomic mass is 10.1. The summed E-state index contributed by atoms with van der Waals surface area (Å²) in [6.07, 6.45) is 2.17. The number of hydrogen-bond acceptors (Lipinski definition) is 3. The van der Waals surface area contributed by atoms with Gasteiger partial charge in [-0.05, 0) is 30.7 Å². The zero-order valence-electron chi connectivity index (χ0n) is 11.3. The van der Waals surface area contributed by atoms with Crippen molar-refractivity contribution in [3.05, 3.63) is 28.7 Å². The molecule has 6 heteroatoms. The highest BCUT2D eigenvalue weighted by molar-refractivity contribution is 9.10. The first kappa shape index (κ1) is 17.0. The van der Waals surface area contributed by atoms with Crippen LogP contribution in [0.15, 0.2) is 33.6 Å². The molecule has 1 amide bonds. The zero-order chi connectivity index (χ0) is 15.0. The van der Waals surface area contributed by atoms with Crippen LogP contribution in [0, 0.1) is 0 Å². The minimum Gasteiger partial charge on any atom is -0.480 e. The Hall–Kier alpha value is -1.01. The number of aliphatic carboxylic acids is 1. The Morgan fingerprint density at radius 2 is 2.00 bits per heavy atom. The summed E-state index contributed by atoms with van der Waals surface area (Å²) >= 11 is 4.73. The second-order valence-electron chi connectivity index (χ2n) is 4.34. The number of rotatable bonds is 8. The van der Waals surface area contributed by atoms with Gasteiger partial charge in [0.1, 0.15) is 6.04 Å². The number of carbonyl (C=O) groups is 2. The van der Waals surface area contributed by atoms with Crippen LogP contribution in [0.5, 0.6) is 0 Å². The first-order valence-corrected chi connectivity index (χ1v) is 8.21. The molecule has 1 aromatic carbocycles. The molecule has 0 spiro atoms. The number of unbranched alkanes of at least 4 members (excludes halogenated alkanes) is 1. The topological polar surface area (TPSA) is 66.4 Å². The fourth-order valence-electron chi connectivity index (χ4n) is 1.58. The number of hydrogen-bond donors (Lipinski definition) is 2. The van der Waals surface area contributed by atoms with Gasteiger partial charge in [-0.25, -0.2) is 4.79 Å². The molecule has 0 heterocycles. The van der Waals surface area contributed by atoms with E-state index in [1.807, 2.05) is 31.2 Å². The SMILES string of the molecule is CCCC[C@H](NC(=O)CSc1ccc(Br)cc1)C(=O)O. The molecule has 1 atom stereocenters. The standard InChI is InChI=1S/C14H18BrNO3S/c1-2-3-4-12(14(18)19)16-13(17)9-20-11-7-5-10(15)6-8-11/h5-8,12H,2-4,9H2,1H3,(H,16,17)(H,18,19)/t12-/m0/s1. The highest BCUT2D eigenvalue weighted by Gasteiger charge is 2.18. The number of benzene rings is 1. The predicted molar refractivity (Wildman–Crippen MR) is 84.0 cm³/mol. The largest absolute Gasteiger partial charge is 0.480 e. The maximum Gasteiger partial charge on any atom is 0.326 e. The normalized spacial score (nSPS) is 11.9. The molecule has 0 unspecified atom stereocenters. The number of nitrogens with one attached hydrogen (secondary N) is 1. The van der Waals surface area contributed by atoms with E-state index in [0.717, 1.165) is 22.2 Å². The number of carboxylic acid groups (broad SMARTS) is 1. The van der Waals surface area contributed by atoms with Gasteiger partial charge in [-0.3, -0.25) is 4.79 Å². The molecule has 0 aliphatic carbocycles. The van der Waals surface area contributed by atoms with Crippen molar-refractivity contribution in [1.29, 1.82) is 0 Å². The van der Waals surface area contributed by atoms with E-state index in [-0.39, 0.29) is 11.7 Å². The fourth-order valence-corrected chi connectivity index (χ4v) is 2.56. The zero-order valence-corrected chi connectivity index (χ0v) is 13.7. The molecule has 0 saturated carbocycles. The summed E-state index contributed by atoms with van der Waals surface area (Å²) in [5.74, 6) is -1.00. The summed E-state index contributed by atoms with van der Waals surface area (Å²) < 4.78 is 0.983. The van der Waals surface area contributed by atoms with Gasteiger partial charge in [0.05, 0.1) is 5.75 Å². The van der Waals surface area contributed by atoms with Crippen molar-refractivity contribution in [1.82, 2.24) is 5.32 Å². The number of amides is 1. The van der Waals surface area contributed by atoms with Gasteiger partial charge < -0.3 is 10.4 Å². The molecule has 1 aromatic rings.